The van der Waals surface area contributed by atoms with E-state index in [4.69, 9.17) is 5.11 Å². The zero-order valence-corrected chi connectivity index (χ0v) is 34.0. The molecule has 2 N–H and O–H groups in total. The van der Waals surface area contributed by atoms with Crippen LogP contribution in [-0.2, 0) is 26.5 Å². The number of benzene rings is 4. The van der Waals surface area contributed by atoms with Crippen molar-refractivity contribution in [3.63, 3.8) is 0 Å². The number of alkyl halides is 12. The minimum absolute atomic E-state index is 0. The predicted molar refractivity (Wildman–Crippen MR) is 196 cm³/mol. The van der Waals surface area contributed by atoms with Gasteiger partial charge in [-0.3, -0.25) is 8.78 Å². The molecule has 0 saturated heterocycles. The third-order valence-corrected chi connectivity index (χ3v) is 11.9. The quantitative estimate of drug-likeness (QED) is 0.0969. The van der Waals surface area contributed by atoms with E-state index in [1.54, 1.807) is 42.6 Å². The average molecular weight is 1060 g/mol. The second kappa shape index (κ2) is 19.7. The van der Waals surface area contributed by atoms with Crippen LogP contribution < -0.4 is 15.5 Å². The minimum atomic E-state index is -5.81. The van der Waals surface area contributed by atoms with Gasteiger partial charge in [0.05, 0.1) is 18.5 Å². The number of halogens is 14. The number of hydrogen-bond acceptors (Lipinski definition) is 4. The standard InChI is InChI=1S/C19H13F2N2.C16H13F6OP.C5H5F6O.Ir.H/c20-14-5-6-16(17(21)11-14)18-12-15(7-9-22-18)23-10-8-13-3-1-2-4-19(13)23;17-15(18,19)14(23,16(20,21)22)11-24(12-7-3-1-4-8-12)13-9-5-2-6-10-13;1-2-3(12,4(6,7)8)5(9,10)11;;/h1-5,7,9,11-12H,8,10H2;1-10,23H,11H2;12H,1-2H2;;/q-1;;-1;+2;/p+1. The number of anilines is 2. The molecule has 0 fully saturated rings. The van der Waals surface area contributed by atoms with Crippen LogP contribution in [0.1, 0.15) is 12.0 Å². The fraction of sp³-hybridized carbons (Fsp3) is 0.250. The normalized spacial score (nSPS) is 13.4. The SMILES string of the molecule is Fc1c[c-]c(-c2cc(N3CCc4ccccc43)ccn2)c(F)c1.OC(C[PH+](c1ccccc1)c1ccccc1)(C(F)(F)F)C(F)(F)F.[CH2-]CC(O)(C(F)(F)F)C(F)(F)F.[IrH+2]. The van der Waals surface area contributed by atoms with Crippen molar-refractivity contribution in [3.05, 3.63) is 146 Å². The molecule has 0 spiro atoms. The molecule has 60 heavy (non-hydrogen) atoms. The van der Waals surface area contributed by atoms with Crippen LogP contribution >= 0.6 is 7.92 Å². The summed E-state index contributed by atoms with van der Waals surface area (Å²) in [5.74, 6) is -1.30. The van der Waals surface area contributed by atoms with Crippen LogP contribution in [0.5, 0.6) is 0 Å². The van der Waals surface area contributed by atoms with E-state index >= 15 is 0 Å². The van der Waals surface area contributed by atoms with Gasteiger partial charge in [-0.05, 0) is 54.1 Å². The van der Waals surface area contributed by atoms with Gasteiger partial charge in [0.2, 0.25) is 5.60 Å². The Morgan fingerprint density at radius 2 is 1.15 bits per heavy atom. The molecule has 20 heteroatoms. The van der Waals surface area contributed by atoms with Crippen molar-refractivity contribution < 1.29 is 91.8 Å². The van der Waals surface area contributed by atoms with E-state index in [-0.39, 0.29) is 25.7 Å². The summed E-state index contributed by atoms with van der Waals surface area (Å²) in [5.41, 5.74) is -5.42. The molecule has 0 aliphatic carbocycles. The monoisotopic (exact) mass is 1060 g/mol. The van der Waals surface area contributed by atoms with Crippen LogP contribution in [0.3, 0.4) is 0 Å². The molecule has 0 bridgehead atoms. The first-order valence-electron chi connectivity index (χ1n) is 17.0. The van der Waals surface area contributed by atoms with Crippen molar-refractivity contribution in [2.75, 3.05) is 17.6 Å². The van der Waals surface area contributed by atoms with Crippen LogP contribution in [0, 0.1) is 24.6 Å². The van der Waals surface area contributed by atoms with Gasteiger partial charge in [-0.2, -0.15) is 52.7 Å². The molecule has 4 aromatic carbocycles. The summed E-state index contributed by atoms with van der Waals surface area (Å²) in [7, 11) is -2.51. The molecule has 2 heterocycles. The fourth-order valence-corrected chi connectivity index (χ4v) is 8.53. The maximum absolute atomic E-state index is 14.0. The van der Waals surface area contributed by atoms with Crippen LogP contribution in [-0.4, -0.2) is 63.8 Å². The summed E-state index contributed by atoms with van der Waals surface area (Å²) in [6, 6.07) is 31.9. The number of pyridine rings is 1. The summed E-state index contributed by atoms with van der Waals surface area (Å²) in [5, 5.41) is 18.5. The van der Waals surface area contributed by atoms with Gasteiger partial charge >= 0.3 is 44.8 Å². The summed E-state index contributed by atoms with van der Waals surface area (Å²) < 4.78 is 175. The fourth-order valence-electron chi connectivity index (χ4n) is 5.68. The Labute approximate surface area is 349 Å². The van der Waals surface area contributed by atoms with Gasteiger partial charge < -0.3 is 27.0 Å². The Kier molecular flexibility index (Phi) is 16.5. The molecule has 0 unspecified atom stereocenters. The zero-order valence-electron chi connectivity index (χ0n) is 30.4. The molecule has 0 amide bonds. The maximum atomic E-state index is 14.0. The van der Waals surface area contributed by atoms with Gasteiger partial charge in [0.15, 0.2) is 0 Å². The number of rotatable bonds is 7. The van der Waals surface area contributed by atoms with Crippen molar-refractivity contribution in [2.24, 2.45) is 0 Å². The molecule has 4 nitrogen and oxygen atoms in total. The number of hydrogen-bond donors (Lipinski definition) is 2. The van der Waals surface area contributed by atoms with Gasteiger partial charge in [-0.15, -0.1) is 18.6 Å². The van der Waals surface area contributed by atoms with Crippen molar-refractivity contribution in [2.45, 2.75) is 48.7 Å². The van der Waals surface area contributed by atoms with Crippen LogP contribution in [0.25, 0.3) is 11.3 Å². The van der Waals surface area contributed by atoms with E-state index < -0.39 is 68.0 Å². The van der Waals surface area contributed by atoms with Gasteiger partial charge in [0.1, 0.15) is 6.16 Å². The van der Waals surface area contributed by atoms with Crippen molar-refractivity contribution in [1.82, 2.24) is 4.98 Å². The van der Waals surface area contributed by atoms with Crippen LogP contribution in [0.2, 0.25) is 0 Å². The first-order chi connectivity index (χ1) is 27.3. The number of aliphatic hydroxyl groups is 2. The molecule has 6 rings (SSSR count). The number of nitrogens with zero attached hydrogens (tertiary/aromatic N) is 2. The Hall–Kier alpha value is -4.15. The molecule has 1 radical (unpaired) electrons. The van der Waals surface area contributed by atoms with E-state index in [9.17, 15) is 66.6 Å². The average Bonchev–Trinajstić information content (AvgIpc) is 3.60. The first kappa shape index (κ1) is 50.2. The van der Waals surface area contributed by atoms with E-state index in [0.29, 0.717) is 16.3 Å². The van der Waals surface area contributed by atoms with Gasteiger partial charge in [0.25, 0.3) is 5.60 Å². The zero-order chi connectivity index (χ0) is 44.0. The van der Waals surface area contributed by atoms with Crippen molar-refractivity contribution in [1.29, 1.82) is 0 Å². The summed E-state index contributed by atoms with van der Waals surface area (Å²) in [6.45, 7) is 3.27. The molecule has 0 saturated carbocycles. The first-order valence-corrected chi connectivity index (χ1v) is 18.7. The van der Waals surface area contributed by atoms with Gasteiger partial charge in [-0.1, -0.05) is 72.3 Å². The molecule has 1 aromatic heterocycles. The molecule has 1 aliphatic rings. The summed E-state index contributed by atoms with van der Waals surface area (Å²) >= 11 is 0. The Morgan fingerprint density at radius 3 is 1.60 bits per heavy atom. The Balaban J connectivity index is 0.000000252. The Morgan fingerprint density at radius 1 is 0.667 bits per heavy atom. The molecule has 0 atom stereocenters. The summed E-state index contributed by atoms with van der Waals surface area (Å²) in [4.78, 5) is 6.39. The molecule has 1 aliphatic heterocycles. The van der Waals surface area contributed by atoms with Crippen molar-refractivity contribution >= 4 is 29.9 Å². The molecular weight excluding hydrogens is 1030 g/mol. The predicted octanol–water partition coefficient (Wildman–Crippen LogP) is 10.0. The number of fused-ring (bicyclic) bond motifs is 1. The Bertz CT molecular complexity index is 2070. The summed E-state index contributed by atoms with van der Waals surface area (Å²) in [6.07, 6.45) is -23.6. The second-order valence-corrected chi connectivity index (χ2v) is 15.3. The molecule has 5 aromatic rings. The third kappa shape index (κ3) is 11.4. The van der Waals surface area contributed by atoms with Gasteiger partial charge in [-0.25, -0.2) is 0 Å². The topological polar surface area (TPSA) is 56.6 Å². The van der Waals surface area contributed by atoms with E-state index in [2.05, 4.69) is 35.0 Å². The van der Waals surface area contributed by atoms with E-state index in [0.717, 1.165) is 36.5 Å². The second-order valence-electron chi connectivity index (χ2n) is 12.8. The van der Waals surface area contributed by atoms with Crippen LogP contribution in [0.15, 0.2) is 115 Å². The number of para-hydroxylation sites is 1. The number of aromatic nitrogens is 1. The molecular formula is C40H33F14IrN2O2P+. The third-order valence-electron chi connectivity index (χ3n) is 8.97. The van der Waals surface area contributed by atoms with Crippen molar-refractivity contribution in [3.8, 4) is 11.3 Å². The van der Waals surface area contributed by atoms with E-state index in [1.165, 1.54) is 29.8 Å². The molecule has 326 valence electrons. The van der Waals surface area contributed by atoms with E-state index in [1.807, 2.05) is 24.3 Å². The van der Waals surface area contributed by atoms with Crippen LogP contribution in [0.4, 0.5) is 72.8 Å². The van der Waals surface area contributed by atoms with Gasteiger partial charge in [0, 0.05) is 35.8 Å².